The first kappa shape index (κ1) is 22.9. The van der Waals surface area contributed by atoms with Crippen LogP contribution in [0, 0.1) is 13.7 Å². The first-order valence-corrected chi connectivity index (χ1v) is 11.0. The quantitative estimate of drug-likeness (QED) is 0.167. The summed E-state index contributed by atoms with van der Waals surface area (Å²) in [6.07, 6.45) is 1.33. The highest BCUT2D eigenvalue weighted by molar-refractivity contribution is 14.1. The third-order valence-corrected chi connectivity index (χ3v) is 5.42. The second-order valence-electron chi connectivity index (χ2n) is 6.45. The molecule has 0 spiro atoms. The maximum absolute atomic E-state index is 12.2. The van der Waals surface area contributed by atoms with Gasteiger partial charge in [-0.2, -0.15) is 5.10 Å². The normalized spacial score (nSPS) is 10.8. The summed E-state index contributed by atoms with van der Waals surface area (Å²) in [7, 11) is 0. The highest BCUT2D eigenvalue weighted by atomic mass is 127. The van der Waals surface area contributed by atoms with Gasteiger partial charge in [-0.15, -0.1) is 0 Å². The van der Waals surface area contributed by atoms with Crippen LogP contribution in [-0.2, 0) is 17.8 Å². The van der Waals surface area contributed by atoms with Crippen molar-refractivity contribution >= 4 is 56.3 Å². The van der Waals surface area contributed by atoms with Gasteiger partial charge in [-0.05, 0) is 58.5 Å². The Bertz CT molecular complexity index is 1120. The molecule has 3 aromatic carbocycles. The van der Waals surface area contributed by atoms with Gasteiger partial charge in [0, 0.05) is 25.2 Å². The van der Waals surface area contributed by atoms with E-state index in [9.17, 15) is 14.9 Å². The molecule has 0 heterocycles. The van der Waals surface area contributed by atoms with Gasteiger partial charge in [-0.25, -0.2) is 5.43 Å². The van der Waals surface area contributed by atoms with Crippen LogP contribution in [0.2, 0.25) is 0 Å². The fourth-order valence-electron chi connectivity index (χ4n) is 2.72. The molecule has 1 N–H and O–H groups in total. The molecule has 0 aliphatic rings. The smallest absolute Gasteiger partial charge is 0.273 e. The molecule has 0 bridgehead atoms. The van der Waals surface area contributed by atoms with Crippen molar-refractivity contribution in [2.45, 2.75) is 13.0 Å². The SMILES string of the molecule is O=C(Cc1ccccc1[N+](=O)[O-])N/N=C/c1cc(Br)ccc1OCc1ccc(I)cc1. The van der Waals surface area contributed by atoms with Crippen molar-refractivity contribution in [1.29, 1.82) is 0 Å². The van der Waals surface area contributed by atoms with E-state index in [0.29, 0.717) is 23.5 Å². The molecule has 158 valence electrons. The lowest BCUT2D eigenvalue weighted by atomic mass is 10.1. The van der Waals surface area contributed by atoms with E-state index in [0.717, 1.165) is 13.6 Å². The Kier molecular flexibility index (Phi) is 8.13. The number of carbonyl (C=O) groups is 1. The molecule has 0 fully saturated rings. The van der Waals surface area contributed by atoms with E-state index in [4.69, 9.17) is 4.74 Å². The van der Waals surface area contributed by atoms with Crippen LogP contribution < -0.4 is 10.2 Å². The van der Waals surface area contributed by atoms with Crippen LogP contribution in [0.4, 0.5) is 5.69 Å². The van der Waals surface area contributed by atoms with Crippen molar-refractivity contribution in [2.24, 2.45) is 5.10 Å². The molecule has 3 aromatic rings. The Morgan fingerprint density at radius 2 is 1.90 bits per heavy atom. The summed E-state index contributed by atoms with van der Waals surface area (Å²) >= 11 is 5.66. The van der Waals surface area contributed by atoms with Gasteiger partial charge in [0.2, 0.25) is 5.91 Å². The third-order valence-electron chi connectivity index (χ3n) is 4.21. The number of nitrogens with one attached hydrogen (secondary N) is 1. The number of hydrazone groups is 1. The van der Waals surface area contributed by atoms with Crippen molar-refractivity contribution in [3.63, 3.8) is 0 Å². The molecule has 7 nitrogen and oxygen atoms in total. The Balaban J connectivity index is 1.65. The second-order valence-corrected chi connectivity index (χ2v) is 8.61. The van der Waals surface area contributed by atoms with Crippen molar-refractivity contribution in [3.8, 4) is 5.75 Å². The fraction of sp³-hybridized carbons (Fsp3) is 0.0909. The van der Waals surface area contributed by atoms with Crippen LogP contribution in [0.15, 0.2) is 76.3 Å². The van der Waals surface area contributed by atoms with Crippen molar-refractivity contribution in [3.05, 3.63) is 102 Å². The maximum Gasteiger partial charge on any atom is 0.273 e. The number of amides is 1. The number of hydrogen-bond donors (Lipinski definition) is 1. The van der Waals surface area contributed by atoms with Crippen LogP contribution >= 0.6 is 38.5 Å². The molecule has 1 amide bonds. The number of halogens is 2. The van der Waals surface area contributed by atoms with Crippen LogP contribution in [-0.4, -0.2) is 17.0 Å². The van der Waals surface area contributed by atoms with Gasteiger partial charge in [-0.1, -0.05) is 46.3 Å². The third kappa shape index (κ3) is 6.86. The van der Waals surface area contributed by atoms with E-state index >= 15 is 0 Å². The highest BCUT2D eigenvalue weighted by Gasteiger charge is 2.15. The molecule has 0 atom stereocenters. The zero-order valence-electron chi connectivity index (χ0n) is 16.1. The number of benzene rings is 3. The number of hydrogen-bond acceptors (Lipinski definition) is 5. The number of nitrogens with zero attached hydrogens (tertiary/aromatic N) is 2. The number of rotatable bonds is 8. The number of ether oxygens (including phenoxy) is 1. The van der Waals surface area contributed by atoms with Gasteiger partial charge < -0.3 is 4.74 Å². The zero-order chi connectivity index (χ0) is 22.2. The summed E-state index contributed by atoms with van der Waals surface area (Å²) in [5.74, 6) is 0.153. The standard InChI is InChI=1S/C22H17BrIN3O4/c23-18-7-10-21(31-14-15-5-8-19(24)9-6-15)17(11-18)13-25-26-22(28)12-16-3-1-2-4-20(16)27(29)30/h1-11,13H,12,14H2,(H,26,28)/b25-13+. The summed E-state index contributed by atoms with van der Waals surface area (Å²) in [6, 6.07) is 19.6. The number of para-hydroxylation sites is 1. The van der Waals surface area contributed by atoms with Gasteiger partial charge >= 0.3 is 0 Å². The Morgan fingerprint density at radius 1 is 1.16 bits per heavy atom. The molecular formula is C22H17BrIN3O4. The van der Waals surface area contributed by atoms with Gasteiger partial charge in [0.05, 0.1) is 17.6 Å². The fourth-order valence-corrected chi connectivity index (χ4v) is 3.46. The number of nitro benzene ring substituents is 1. The van der Waals surface area contributed by atoms with E-state index in [1.54, 1.807) is 18.2 Å². The first-order chi connectivity index (χ1) is 14.9. The molecule has 0 aliphatic carbocycles. The minimum Gasteiger partial charge on any atom is -0.488 e. The average molecular weight is 594 g/mol. The lowest BCUT2D eigenvalue weighted by Crippen LogP contribution is -2.20. The summed E-state index contributed by atoms with van der Waals surface area (Å²) in [4.78, 5) is 22.7. The molecule has 0 radical (unpaired) electrons. The average Bonchev–Trinajstić information content (AvgIpc) is 2.74. The summed E-state index contributed by atoms with van der Waals surface area (Å²) in [6.45, 7) is 0.392. The first-order valence-electron chi connectivity index (χ1n) is 9.13. The minimum absolute atomic E-state index is 0.0973. The van der Waals surface area contributed by atoms with Gasteiger partial charge in [-0.3, -0.25) is 14.9 Å². The van der Waals surface area contributed by atoms with Crippen molar-refractivity contribution < 1.29 is 14.5 Å². The molecule has 0 saturated heterocycles. The number of nitro groups is 1. The predicted octanol–water partition coefficient (Wildman–Crippen LogP) is 5.23. The van der Waals surface area contributed by atoms with Crippen LogP contribution in [0.1, 0.15) is 16.7 Å². The van der Waals surface area contributed by atoms with Gasteiger partial charge in [0.1, 0.15) is 12.4 Å². The predicted molar refractivity (Wildman–Crippen MR) is 130 cm³/mol. The van der Waals surface area contributed by atoms with Crippen LogP contribution in [0.25, 0.3) is 0 Å². The highest BCUT2D eigenvalue weighted by Crippen LogP contribution is 2.23. The Labute approximate surface area is 200 Å². The lowest BCUT2D eigenvalue weighted by Gasteiger charge is -2.10. The van der Waals surface area contributed by atoms with E-state index in [-0.39, 0.29) is 12.1 Å². The van der Waals surface area contributed by atoms with Gasteiger partial charge in [0.15, 0.2) is 0 Å². The second kappa shape index (κ2) is 11.0. The van der Waals surface area contributed by atoms with E-state index in [2.05, 4.69) is 49.0 Å². The molecule has 0 aliphatic heterocycles. The van der Waals surface area contributed by atoms with Crippen LogP contribution in [0.5, 0.6) is 5.75 Å². The molecular weight excluding hydrogens is 577 g/mol. The van der Waals surface area contributed by atoms with Crippen LogP contribution in [0.3, 0.4) is 0 Å². The largest absolute Gasteiger partial charge is 0.488 e. The molecule has 0 saturated carbocycles. The summed E-state index contributed by atoms with van der Waals surface area (Å²) in [5.41, 5.74) is 4.34. The van der Waals surface area contributed by atoms with E-state index in [1.165, 1.54) is 12.3 Å². The van der Waals surface area contributed by atoms with Gasteiger partial charge in [0.25, 0.3) is 5.69 Å². The number of carbonyl (C=O) groups excluding carboxylic acids is 1. The molecule has 31 heavy (non-hydrogen) atoms. The van der Waals surface area contributed by atoms with Crippen molar-refractivity contribution in [2.75, 3.05) is 0 Å². The Hall–Kier alpha value is -2.79. The molecule has 3 rings (SSSR count). The molecule has 0 aromatic heterocycles. The maximum atomic E-state index is 12.2. The topological polar surface area (TPSA) is 93.8 Å². The van der Waals surface area contributed by atoms with Crippen molar-refractivity contribution in [1.82, 2.24) is 5.43 Å². The molecule has 0 unspecified atom stereocenters. The summed E-state index contributed by atoms with van der Waals surface area (Å²) in [5, 5.41) is 15.1. The van der Waals surface area contributed by atoms with E-state index in [1.807, 2.05) is 42.5 Å². The lowest BCUT2D eigenvalue weighted by molar-refractivity contribution is -0.385. The monoisotopic (exact) mass is 593 g/mol. The minimum atomic E-state index is -0.509. The summed E-state index contributed by atoms with van der Waals surface area (Å²) < 4.78 is 7.89. The Morgan fingerprint density at radius 3 is 2.65 bits per heavy atom. The molecule has 9 heteroatoms. The zero-order valence-corrected chi connectivity index (χ0v) is 19.9. The van der Waals surface area contributed by atoms with E-state index < -0.39 is 10.8 Å².